The summed E-state index contributed by atoms with van der Waals surface area (Å²) in [7, 11) is 0. The van der Waals surface area contributed by atoms with Crippen molar-refractivity contribution in [1.82, 2.24) is 9.55 Å². The summed E-state index contributed by atoms with van der Waals surface area (Å²) in [4.78, 5) is 20.7. The van der Waals surface area contributed by atoms with Crippen LogP contribution < -0.4 is 16.0 Å². The highest BCUT2D eigenvalue weighted by Crippen LogP contribution is 2.30. The fourth-order valence-corrected chi connectivity index (χ4v) is 3.68. The molecule has 2 aromatic heterocycles. The van der Waals surface area contributed by atoms with E-state index >= 15 is 0 Å². The molecule has 0 aliphatic heterocycles. The molecule has 10 heteroatoms. The molecule has 2 N–H and O–H groups in total. The Morgan fingerprint density at radius 3 is 2.74 bits per heavy atom. The molecule has 1 aliphatic rings. The standard InChI is InChI=1S/C21H19F3N4O2S/c1-12(26-13-2-3-13)16-8-14(4-5-17(16)25)28-7-6-15(9-20(28)29)30-10-19-27-18(11-31-19)21(22,23)24/h4-9,11,13H,2-3,10,25H2,1H3. The van der Waals surface area contributed by atoms with Crippen LogP contribution in [-0.4, -0.2) is 21.3 Å². The van der Waals surface area contributed by atoms with Crippen LogP contribution >= 0.6 is 11.3 Å². The van der Waals surface area contributed by atoms with Crippen molar-refractivity contribution in [2.24, 2.45) is 4.99 Å². The first-order chi connectivity index (χ1) is 14.7. The molecule has 0 atom stereocenters. The van der Waals surface area contributed by atoms with Gasteiger partial charge in [0.15, 0.2) is 5.69 Å². The van der Waals surface area contributed by atoms with E-state index in [1.807, 2.05) is 13.0 Å². The first-order valence-corrected chi connectivity index (χ1v) is 10.4. The predicted octanol–water partition coefficient (Wildman–Crippen LogP) is 4.45. The lowest BCUT2D eigenvalue weighted by molar-refractivity contribution is -0.140. The normalized spacial score (nSPS) is 14.6. The zero-order valence-electron chi connectivity index (χ0n) is 16.5. The quantitative estimate of drug-likeness (QED) is 0.446. The fraction of sp³-hybridized carbons (Fsp3) is 0.286. The Kier molecular flexibility index (Phi) is 5.57. The molecule has 3 aromatic rings. The predicted molar refractivity (Wildman–Crippen MR) is 113 cm³/mol. The number of hydrogen-bond donors (Lipinski definition) is 1. The highest BCUT2D eigenvalue weighted by molar-refractivity contribution is 7.09. The third-order valence-corrected chi connectivity index (χ3v) is 5.55. The summed E-state index contributed by atoms with van der Waals surface area (Å²) in [5.74, 6) is 0.243. The summed E-state index contributed by atoms with van der Waals surface area (Å²) in [5, 5.41) is 1.11. The first-order valence-electron chi connectivity index (χ1n) is 9.52. The van der Waals surface area contributed by atoms with Gasteiger partial charge in [-0.05, 0) is 44.0 Å². The third kappa shape index (κ3) is 4.96. The third-order valence-electron chi connectivity index (χ3n) is 4.72. The molecule has 0 radical (unpaired) electrons. The number of aliphatic imine (C=N–C) groups is 1. The minimum absolute atomic E-state index is 0.160. The van der Waals surface area contributed by atoms with Gasteiger partial charge in [-0.3, -0.25) is 14.4 Å². The van der Waals surface area contributed by atoms with Crippen molar-refractivity contribution in [2.75, 3.05) is 5.73 Å². The maximum Gasteiger partial charge on any atom is 0.434 e. The van der Waals surface area contributed by atoms with Crippen molar-refractivity contribution in [3.05, 3.63) is 68.5 Å². The number of ether oxygens (including phenoxy) is 1. The number of nitrogens with zero attached hydrogens (tertiary/aromatic N) is 3. The zero-order valence-corrected chi connectivity index (χ0v) is 17.3. The van der Waals surface area contributed by atoms with Crippen molar-refractivity contribution < 1.29 is 17.9 Å². The number of anilines is 1. The van der Waals surface area contributed by atoms with E-state index in [0.29, 0.717) is 17.4 Å². The van der Waals surface area contributed by atoms with Gasteiger partial charge in [-0.25, -0.2) is 4.98 Å². The number of pyridine rings is 1. The van der Waals surface area contributed by atoms with Crippen LogP contribution in [0.25, 0.3) is 5.69 Å². The second-order valence-corrected chi connectivity index (χ2v) is 8.14. The van der Waals surface area contributed by atoms with E-state index < -0.39 is 11.9 Å². The summed E-state index contributed by atoms with van der Waals surface area (Å²) in [6, 6.07) is 8.48. The molecular formula is C21H19F3N4O2S. The number of alkyl halides is 3. The molecule has 2 heterocycles. The smallest absolute Gasteiger partial charge is 0.434 e. The van der Waals surface area contributed by atoms with Gasteiger partial charge in [0.25, 0.3) is 5.56 Å². The number of aromatic nitrogens is 2. The average Bonchev–Trinajstić information content (AvgIpc) is 3.38. The number of nitrogen functional groups attached to an aromatic ring is 1. The monoisotopic (exact) mass is 448 g/mol. The van der Waals surface area contributed by atoms with Crippen molar-refractivity contribution in [2.45, 2.75) is 38.6 Å². The van der Waals surface area contributed by atoms with E-state index in [1.165, 1.54) is 10.6 Å². The number of thiazole rings is 1. The summed E-state index contributed by atoms with van der Waals surface area (Å²) >= 11 is 0.851. The maximum absolute atomic E-state index is 12.6. The van der Waals surface area contributed by atoms with E-state index in [0.717, 1.165) is 40.8 Å². The minimum atomic E-state index is -4.49. The average molecular weight is 448 g/mol. The van der Waals surface area contributed by atoms with Crippen LogP contribution in [0.4, 0.5) is 18.9 Å². The number of rotatable bonds is 6. The largest absolute Gasteiger partial charge is 0.486 e. The van der Waals surface area contributed by atoms with Crippen LogP contribution in [0.2, 0.25) is 0 Å². The molecule has 6 nitrogen and oxygen atoms in total. The summed E-state index contributed by atoms with van der Waals surface area (Å²) in [6.45, 7) is 1.74. The number of benzene rings is 1. The summed E-state index contributed by atoms with van der Waals surface area (Å²) in [6.07, 6.45) is -0.787. The highest BCUT2D eigenvalue weighted by Gasteiger charge is 2.33. The van der Waals surface area contributed by atoms with Gasteiger partial charge >= 0.3 is 6.18 Å². The van der Waals surface area contributed by atoms with Gasteiger partial charge in [-0.2, -0.15) is 13.2 Å². The lowest BCUT2D eigenvalue weighted by Crippen LogP contribution is -2.17. The SMILES string of the molecule is CC(=NC1CC1)c1cc(-n2ccc(OCc3nc(C(F)(F)F)cs3)cc2=O)ccc1N. The summed E-state index contributed by atoms with van der Waals surface area (Å²) in [5.41, 5.74) is 7.60. The Balaban J connectivity index is 1.51. The van der Waals surface area contributed by atoms with Crippen LogP contribution in [0, 0.1) is 0 Å². The first kappa shape index (κ1) is 21.1. The topological polar surface area (TPSA) is 82.5 Å². The maximum atomic E-state index is 12.6. The second-order valence-electron chi connectivity index (χ2n) is 7.20. The second kappa shape index (κ2) is 8.18. The molecule has 0 bridgehead atoms. The van der Waals surface area contributed by atoms with Crippen LogP contribution in [0.5, 0.6) is 5.75 Å². The van der Waals surface area contributed by atoms with Gasteiger partial charge in [0.05, 0.1) is 6.04 Å². The lowest BCUT2D eigenvalue weighted by atomic mass is 10.1. The van der Waals surface area contributed by atoms with Crippen LogP contribution in [0.3, 0.4) is 0 Å². The fourth-order valence-electron chi connectivity index (χ4n) is 2.97. The van der Waals surface area contributed by atoms with Gasteiger partial charge in [0.1, 0.15) is 17.4 Å². The Bertz CT molecular complexity index is 1200. The lowest BCUT2D eigenvalue weighted by Gasteiger charge is -2.12. The van der Waals surface area contributed by atoms with E-state index in [4.69, 9.17) is 10.5 Å². The molecular weight excluding hydrogens is 429 g/mol. The summed E-state index contributed by atoms with van der Waals surface area (Å²) < 4.78 is 44.8. The Morgan fingerprint density at radius 1 is 1.32 bits per heavy atom. The molecule has 1 aliphatic carbocycles. The minimum Gasteiger partial charge on any atom is -0.486 e. The van der Waals surface area contributed by atoms with Crippen LogP contribution in [0.15, 0.2) is 51.7 Å². The Labute approximate surface area is 179 Å². The van der Waals surface area contributed by atoms with E-state index in [-0.39, 0.29) is 22.9 Å². The van der Waals surface area contributed by atoms with Gasteiger partial charge in [0.2, 0.25) is 0 Å². The van der Waals surface area contributed by atoms with E-state index in [1.54, 1.807) is 24.4 Å². The highest BCUT2D eigenvalue weighted by atomic mass is 32.1. The van der Waals surface area contributed by atoms with Crippen molar-refractivity contribution in [3.8, 4) is 11.4 Å². The van der Waals surface area contributed by atoms with Crippen molar-refractivity contribution in [3.63, 3.8) is 0 Å². The van der Waals surface area contributed by atoms with Crippen molar-refractivity contribution >= 4 is 22.7 Å². The van der Waals surface area contributed by atoms with Crippen molar-refractivity contribution in [1.29, 1.82) is 0 Å². The Morgan fingerprint density at radius 2 is 2.10 bits per heavy atom. The molecule has 4 rings (SSSR count). The van der Waals surface area contributed by atoms with Crippen LogP contribution in [0.1, 0.15) is 36.0 Å². The molecule has 162 valence electrons. The van der Waals surface area contributed by atoms with E-state index in [9.17, 15) is 18.0 Å². The van der Waals surface area contributed by atoms with Gasteiger partial charge in [-0.15, -0.1) is 11.3 Å². The number of hydrogen-bond acceptors (Lipinski definition) is 6. The zero-order chi connectivity index (χ0) is 22.2. The van der Waals surface area contributed by atoms with Gasteiger partial charge < -0.3 is 10.5 Å². The number of nitrogens with two attached hydrogens (primary N) is 1. The molecule has 0 unspecified atom stereocenters. The molecule has 1 aromatic carbocycles. The molecule has 0 amide bonds. The molecule has 31 heavy (non-hydrogen) atoms. The number of halogens is 3. The molecule has 1 fully saturated rings. The Hall–Kier alpha value is -3.14. The van der Waals surface area contributed by atoms with Gasteiger partial charge in [-0.1, -0.05) is 0 Å². The van der Waals surface area contributed by atoms with Crippen LogP contribution in [-0.2, 0) is 12.8 Å². The van der Waals surface area contributed by atoms with Gasteiger partial charge in [0, 0.05) is 40.3 Å². The molecule has 1 saturated carbocycles. The van der Waals surface area contributed by atoms with E-state index in [2.05, 4.69) is 9.98 Å². The molecule has 0 saturated heterocycles. The molecule has 0 spiro atoms.